The van der Waals surface area contributed by atoms with Gasteiger partial charge in [0, 0.05) is 86.5 Å². The van der Waals surface area contributed by atoms with Crippen molar-refractivity contribution in [3.05, 3.63) is 97.6 Å². The van der Waals surface area contributed by atoms with Gasteiger partial charge < -0.3 is 35.7 Å². The number of hydrogen-bond donors (Lipinski definition) is 5. The van der Waals surface area contributed by atoms with Crippen molar-refractivity contribution in [2.24, 2.45) is 5.92 Å². The number of esters is 1. The Morgan fingerprint density at radius 2 is 1.56 bits per heavy atom. The topological polar surface area (TPSA) is 269 Å². The van der Waals surface area contributed by atoms with Gasteiger partial charge in [-0.1, -0.05) is 63.4 Å². The zero-order valence-corrected chi connectivity index (χ0v) is 45.9. The predicted octanol–water partition coefficient (Wildman–Crippen LogP) is 5.59. The van der Waals surface area contributed by atoms with Crippen LogP contribution in [0.3, 0.4) is 0 Å². The minimum atomic E-state index is -2.02. The Hall–Kier alpha value is -7.48. The highest BCUT2D eigenvalue weighted by Gasteiger charge is 2.46. The molecule has 0 bridgehead atoms. The number of hydrogen-bond acceptors (Lipinski definition) is 13. The van der Waals surface area contributed by atoms with Gasteiger partial charge in [-0.05, 0) is 93.0 Å². The molecule has 80 heavy (non-hydrogen) atoms. The third-order valence-electron chi connectivity index (χ3n) is 16.1. The summed E-state index contributed by atoms with van der Waals surface area (Å²) in [5.41, 5.74) is 2.63. The number of nitrogens with zero attached hydrogens (tertiary/aromatic N) is 3. The lowest BCUT2D eigenvalue weighted by Crippen LogP contribution is -2.44. The van der Waals surface area contributed by atoms with Crippen molar-refractivity contribution in [2.75, 3.05) is 19.6 Å². The van der Waals surface area contributed by atoms with E-state index >= 15 is 4.39 Å². The highest BCUT2D eigenvalue weighted by molar-refractivity contribution is 6.03. The fourth-order valence-corrected chi connectivity index (χ4v) is 11.6. The van der Waals surface area contributed by atoms with E-state index in [4.69, 9.17) is 9.72 Å². The summed E-state index contributed by atoms with van der Waals surface area (Å²) >= 11 is 0. The molecule has 2 aromatic heterocycles. The number of benzene rings is 2. The Morgan fingerprint density at radius 1 is 0.838 bits per heavy atom. The van der Waals surface area contributed by atoms with Crippen LogP contribution >= 0.6 is 0 Å². The number of cyclic esters (lactones) is 1. The first-order valence-electron chi connectivity index (χ1n) is 28.3. The smallest absolute Gasteiger partial charge is 0.343 e. The van der Waals surface area contributed by atoms with Crippen molar-refractivity contribution in [2.45, 2.75) is 174 Å². The van der Waals surface area contributed by atoms with Gasteiger partial charge in [-0.15, -0.1) is 0 Å². The van der Waals surface area contributed by atoms with Crippen LogP contribution in [0.4, 0.5) is 4.39 Å². The highest BCUT2D eigenvalue weighted by atomic mass is 19.1. The molecule has 5 N–H and O–H groups in total. The fraction of sp³-hybridized carbons (Fsp3) is 0.517. The second kappa shape index (κ2) is 26.2. The minimum absolute atomic E-state index is 0.0199. The Labute approximate surface area is 463 Å². The summed E-state index contributed by atoms with van der Waals surface area (Å²) in [6, 6.07) is 10.6. The van der Waals surface area contributed by atoms with E-state index in [0.717, 1.165) is 28.5 Å². The molecule has 4 aliphatic rings. The molecule has 1 saturated heterocycles. The van der Waals surface area contributed by atoms with E-state index in [2.05, 4.69) is 21.3 Å². The summed E-state index contributed by atoms with van der Waals surface area (Å²) in [5, 5.41) is 23.5. The van der Waals surface area contributed by atoms with Crippen molar-refractivity contribution in [3.63, 3.8) is 0 Å². The van der Waals surface area contributed by atoms with Crippen molar-refractivity contribution >= 4 is 63.9 Å². The van der Waals surface area contributed by atoms with Crippen LogP contribution in [0.25, 0.3) is 22.3 Å². The number of nitrogens with one attached hydrogen (secondary N) is 4. The van der Waals surface area contributed by atoms with Gasteiger partial charge in [-0.25, -0.2) is 14.2 Å². The van der Waals surface area contributed by atoms with Gasteiger partial charge in [-0.2, -0.15) is 0 Å². The number of fused-ring (bicyclic) bond motifs is 5. The van der Waals surface area contributed by atoms with E-state index in [1.165, 1.54) is 15.5 Å². The summed E-state index contributed by atoms with van der Waals surface area (Å²) in [5.74, 6) is -3.85. The molecule has 2 aromatic carbocycles. The Bertz CT molecular complexity index is 3160. The van der Waals surface area contributed by atoms with Crippen molar-refractivity contribution in [1.82, 2.24) is 35.7 Å². The Morgan fingerprint density at radius 3 is 2.31 bits per heavy atom. The van der Waals surface area contributed by atoms with Crippen molar-refractivity contribution < 1.29 is 57.4 Å². The lowest BCUT2D eigenvalue weighted by atomic mass is 9.81. The molecule has 6 amide bonds. The van der Waals surface area contributed by atoms with Crippen LogP contribution in [0, 0.1) is 18.7 Å². The number of Topliss-reactive ketones (excluding diaryl/α,β-unsaturated/α-hetero) is 2. The van der Waals surface area contributed by atoms with Gasteiger partial charge >= 0.3 is 5.97 Å². The van der Waals surface area contributed by atoms with Gasteiger partial charge in [0.25, 0.3) is 5.56 Å². The molecule has 1 fully saturated rings. The second-order valence-electron chi connectivity index (χ2n) is 21.6. The molecule has 19 nitrogen and oxygen atoms in total. The van der Waals surface area contributed by atoms with Crippen LogP contribution in [0.2, 0.25) is 0 Å². The normalized spacial score (nSPS) is 18.3. The van der Waals surface area contributed by atoms with Crippen molar-refractivity contribution in [3.8, 4) is 11.4 Å². The number of ether oxygens (including phenoxy) is 1. The maximum absolute atomic E-state index is 15.4. The second-order valence-corrected chi connectivity index (χ2v) is 21.6. The van der Waals surface area contributed by atoms with Gasteiger partial charge in [0.15, 0.2) is 17.2 Å². The molecule has 4 atom stereocenters. The van der Waals surface area contributed by atoms with E-state index in [-0.39, 0.29) is 136 Å². The highest BCUT2D eigenvalue weighted by Crippen LogP contribution is 2.46. The molecule has 4 aromatic rings. The van der Waals surface area contributed by atoms with Gasteiger partial charge in [0.05, 0.1) is 47.6 Å². The molecule has 1 unspecified atom stereocenters. The van der Waals surface area contributed by atoms with E-state index in [1.807, 2.05) is 37.3 Å². The molecular formula is C60H72FN7O12. The molecule has 5 heterocycles. The lowest BCUT2D eigenvalue weighted by Gasteiger charge is -2.31. The predicted molar refractivity (Wildman–Crippen MR) is 292 cm³/mol. The summed E-state index contributed by atoms with van der Waals surface area (Å²) in [6.07, 6.45) is 6.09. The summed E-state index contributed by atoms with van der Waals surface area (Å²) < 4.78 is 22.2. The van der Waals surface area contributed by atoms with E-state index in [1.54, 1.807) is 19.9 Å². The van der Waals surface area contributed by atoms with Gasteiger partial charge in [0.2, 0.25) is 35.4 Å². The monoisotopic (exact) mass is 1100 g/mol. The maximum Gasteiger partial charge on any atom is 0.343 e. The van der Waals surface area contributed by atoms with Crippen LogP contribution in [-0.4, -0.2) is 98.2 Å². The zero-order chi connectivity index (χ0) is 57.3. The number of imide groups is 1. The molecule has 20 heteroatoms. The number of carbonyl (C=O) groups excluding carboxylic acids is 9. The number of aromatic nitrogens is 2. The van der Waals surface area contributed by atoms with Gasteiger partial charge in [-0.3, -0.25) is 48.1 Å². The number of likely N-dealkylation sites (tertiary alicyclic amines) is 1. The molecule has 0 saturated carbocycles. The summed E-state index contributed by atoms with van der Waals surface area (Å²) in [4.78, 5) is 136. The van der Waals surface area contributed by atoms with Gasteiger partial charge in [0.1, 0.15) is 12.4 Å². The van der Waals surface area contributed by atoms with Crippen LogP contribution in [0.5, 0.6) is 0 Å². The van der Waals surface area contributed by atoms with Crippen LogP contribution < -0.4 is 26.8 Å². The quantitative estimate of drug-likeness (QED) is 0.0233. The number of aliphatic hydroxyl groups is 1. The first kappa shape index (κ1) is 58.7. The largest absolute Gasteiger partial charge is 0.458 e. The number of pyridine rings is 2. The van der Waals surface area contributed by atoms with Crippen LogP contribution in [0.1, 0.15) is 168 Å². The number of amides is 6. The lowest BCUT2D eigenvalue weighted by molar-refractivity contribution is -0.172. The molecule has 0 spiro atoms. The SMILES string of the molecule is CCCC1CC(=O)N(CCCCCC(=O)NCC(=O)CCC(=O)N[C@@H](Cc2ccccc2)C(=O)CCC(=O)NCCCCCC(=O)N[C@H]2CCc3c(C)c(F)cc4nc5c(c2c34)Cn2c-5cc3c(c2=O)COC(=O)[C@]3(O)CC)C1=O. The number of ketones is 2. The third-order valence-corrected chi connectivity index (χ3v) is 16.1. The number of aryl methyl sites for hydroxylation is 1. The molecule has 8 rings (SSSR count). The minimum Gasteiger partial charge on any atom is -0.458 e. The van der Waals surface area contributed by atoms with Crippen LogP contribution in [0.15, 0.2) is 47.3 Å². The standard InChI is InChI=1S/C60H72FN7O12/c1-4-15-37-29-53(75)67(57(37)76)27-14-8-12-18-49(71)63-32-38(69)20-24-52(74)65-45(28-36-16-9-6-10-17-36)48(70)23-25-50(72)62-26-13-7-11-19-51(73)64-44-22-21-39-35(3)43(61)31-46-54(39)55(44)40-33-68-47(56(40)66-46)30-42-41(58(68)77)34-80-59(78)60(42,79)5-2/h6,9-10,16-17,30-31,37,44-45,79H,4-5,7-8,11-15,18-29,32-34H2,1-3H3,(H,62,72)(H,63,71)(H,64,73)(H,65,74)/t37?,44-,45-,60-/m0/s1. The molecule has 426 valence electrons. The summed E-state index contributed by atoms with van der Waals surface area (Å²) in [7, 11) is 0. The number of halogens is 1. The fourth-order valence-electron chi connectivity index (χ4n) is 11.6. The average molecular weight is 1100 g/mol. The third kappa shape index (κ3) is 13.2. The first-order chi connectivity index (χ1) is 38.4. The molecular weight excluding hydrogens is 1030 g/mol. The first-order valence-corrected chi connectivity index (χ1v) is 28.3. The van der Waals surface area contributed by atoms with E-state index < -0.39 is 40.9 Å². The summed E-state index contributed by atoms with van der Waals surface area (Å²) in [6.45, 7) is 5.55. The molecule has 3 aliphatic heterocycles. The zero-order valence-electron chi connectivity index (χ0n) is 45.9. The number of rotatable bonds is 28. The number of carbonyl (C=O) groups is 9. The maximum atomic E-state index is 15.4. The van der Waals surface area contributed by atoms with E-state index in [0.29, 0.717) is 98.9 Å². The van der Waals surface area contributed by atoms with E-state index in [9.17, 15) is 53.1 Å². The average Bonchev–Trinajstić information content (AvgIpc) is 4.15. The van der Waals surface area contributed by atoms with Crippen LogP contribution in [-0.2, 0) is 79.5 Å². The molecule has 1 aliphatic carbocycles. The molecule has 0 radical (unpaired) electrons. The Balaban J connectivity index is 0.757. The van der Waals surface area contributed by atoms with Crippen molar-refractivity contribution in [1.29, 1.82) is 0 Å². The number of unbranched alkanes of at least 4 members (excludes halogenated alkanes) is 4. The Kier molecular flexibility index (Phi) is 19.2.